The Labute approximate surface area is 147 Å². The van der Waals surface area contributed by atoms with Crippen molar-refractivity contribution in [3.05, 3.63) is 74.6 Å². The zero-order chi connectivity index (χ0) is 18.4. The molecule has 0 atom stereocenters. The van der Waals surface area contributed by atoms with Gasteiger partial charge >= 0.3 is 5.97 Å². The van der Waals surface area contributed by atoms with Gasteiger partial charge in [0.15, 0.2) is 0 Å². The number of aryl methyl sites for hydroxylation is 2. The summed E-state index contributed by atoms with van der Waals surface area (Å²) in [6.07, 6.45) is 7.53. The number of halogens is 2. The van der Waals surface area contributed by atoms with Gasteiger partial charge in [0.2, 0.25) is 0 Å². The minimum absolute atomic E-state index is 0.0764. The number of hydrogen-bond donors (Lipinski definition) is 1. The molecule has 0 aliphatic heterocycles. The molecule has 1 aromatic rings. The fourth-order valence-corrected chi connectivity index (χ4v) is 2.45. The molecule has 24 heavy (non-hydrogen) atoms. The highest BCUT2D eigenvalue weighted by Crippen LogP contribution is 2.27. The van der Waals surface area contributed by atoms with Gasteiger partial charge in [0.05, 0.1) is 0 Å². The summed E-state index contributed by atoms with van der Waals surface area (Å²) >= 11 is 6.29. The van der Waals surface area contributed by atoms with Crippen molar-refractivity contribution in [2.75, 3.05) is 0 Å². The molecule has 0 aliphatic carbocycles. The van der Waals surface area contributed by atoms with Crippen LogP contribution in [-0.2, 0) is 4.79 Å². The van der Waals surface area contributed by atoms with E-state index >= 15 is 0 Å². The Kier molecular flexibility index (Phi) is 7.18. The molecule has 0 saturated carbocycles. The van der Waals surface area contributed by atoms with Crippen molar-refractivity contribution < 1.29 is 14.3 Å². The van der Waals surface area contributed by atoms with E-state index in [-0.39, 0.29) is 5.57 Å². The van der Waals surface area contributed by atoms with E-state index in [1.165, 1.54) is 13.0 Å². The van der Waals surface area contributed by atoms with E-state index < -0.39 is 11.8 Å². The lowest BCUT2D eigenvalue weighted by Gasteiger charge is -2.10. The highest BCUT2D eigenvalue weighted by molar-refractivity contribution is 6.32. The van der Waals surface area contributed by atoms with Crippen LogP contribution < -0.4 is 0 Å². The number of carbonyl (C=O) groups is 1. The molecule has 1 aromatic carbocycles. The number of benzene rings is 1. The van der Waals surface area contributed by atoms with Crippen LogP contribution in [0, 0.1) is 20.8 Å². The Balaban J connectivity index is 3.04. The molecule has 0 fully saturated rings. The third-order valence-corrected chi connectivity index (χ3v) is 4.24. The van der Waals surface area contributed by atoms with Crippen LogP contribution in [0.5, 0.6) is 0 Å². The van der Waals surface area contributed by atoms with Crippen LogP contribution >= 0.6 is 11.6 Å². The van der Waals surface area contributed by atoms with E-state index in [9.17, 15) is 9.18 Å². The Morgan fingerprint density at radius 1 is 1.17 bits per heavy atom. The molecule has 0 aromatic heterocycles. The predicted octanol–water partition coefficient (Wildman–Crippen LogP) is 6.11. The average Bonchev–Trinajstić information content (AvgIpc) is 2.49. The first-order valence-electron chi connectivity index (χ1n) is 7.53. The Morgan fingerprint density at radius 2 is 1.79 bits per heavy atom. The summed E-state index contributed by atoms with van der Waals surface area (Å²) in [5.41, 5.74) is 5.14. The number of carboxylic acid groups (broad SMARTS) is 1. The minimum Gasteiger partial charge on any atom is -0.478 e. The van der Waals surface area contributed by atoms with Crippen molar-refractivity contribution in [2.24, 2.45) is 0 Å². The van der Waals surface area contributed by atoms with Crippen LogP contribution in [0.2, 0.25) is 5.02 Å². The molecule has 0 saturated heterocycles. The molecule has 0 heterocycles. The van der Waals surface area contributed by atoms with Gasteiger partial charge in [0.1, 0.15) is 5.83 Å². The third-order valence-electron chi connectivity index (χ3n) is 3.66. The molecule has 0 spiro atoms. The zero-order valence-corrected chi connectivity index (χ0v) is 15.3. The van der Waals surface area contributed by atoms with Gasteiger partial charge in [-0.15, -0.1) is 0 Å². The maximum absolute atomic E-state index is 13.7. The van der Waals surface area contributed by atoms with E-state index in [1.807, 2.05) is 45.9 Å². The number of hydrogen-bond acceptors (Lipinski definition) is 1. The standard InChI is InChI=1S/C20H22ClFO2/c1-12(7-9-18(22)14(3)11-19(23)24)6-8-17-13(2)10-15(4)20(21)16(17)5/h6-11H,1-5H3,(H,23,24)/b8-6+,12-7+,14-11+,18-9-. The topological polar surface area (TPSA) is 37.3 Å². The van der Waals surface area contributed by atoms with Crippen LogP contribution in [0.15, 0.2) is 47.3 Å². The normalized spacial score (nSPS) is 13.7. The van der Waals surface area contributed by atoms with Gasteiger partial charge in [0.25, 0.3) is 0 Å². The van der Waals surface area contributed by atoms with Crippen LogP contribution in [0.3, 0.4) is 0 Å². The molecule has 0 unspecified atom stereocenters. The quantitative estimate of drug-likeness (QED) is 0.515. The summed E-state index contributed by atoms with van der Waals surface area (Å²) in [5, 5.41) is 9.36. The minimum atomic E-state index is -1.17. The largest absolute Gasteiger partial charge is 0.478 e. The van der Waals surface area contributed by atoms with Gasteiger partial charge in [-0.3, -0.25) is 0 Å². The van der Waals surface area contributed by atoms with Crippen molar-refractivity contribution >= 4 is 23.6 Å². The summed E-state index contributed by atoms with van der Waals surface area (Å²) in [4.78, 5) is 10.5. The number of carboxylic acids is 1. The average molecular weight is 349 g/mol. The lowest BCUT2D eigenvalue weighted by atomic mass is 9.98. The Hall–Kier alpha value is -2.13. The second kappa shape index (κ2) is 8.65. The molecular formula is C20H22ClFO2. The molecule has 128 valence electrons. The fourth-order valence-electron chi connectivity index (χ4n) is 2.29. The molecule has 4 heteroatoms. The van der Waals surface area contributed by atoms with Crippen molar-refractivity contribution in [2.45, 2.75) is 34.6 Å². The number of allylic oxidation sites excluding steroid dienone is 6. The lowest BCUT2D eigenvalue weighted by molar-refractivity contribution is -0.131. The van der Waals surface area contributed by atoms with E-state index in [0.29, 0.717) is 0 Å². The van der Waals surface area contributed by atoms with Crippen molar-refractivity contribution in [1.82, 2.24) is 0 Å². The van der Waals surface area contributed by atoms with E-state index in [4.69, 9.17) is 16.7 Å². The first kappa shape index (κ1) is 19.9. The molecule has 0 aliphatic rings. The van der Waals surface area contributed by atoms with Gasteiger partial charge in [-0.1, -0.05) is 41.5 Å². The summed E-state index contributed by atoms with van der Waals surface area (Å²) in [6, 6.07) is 2.04. The van der Waals surface area contributed by atoms with Gasteiger partial charge in [-0.25, -0.2) is 9.18 Å². The van der Waals surface area contributed by atoms with Crippen molar-refractivity contribution in [3.8, 4) is 0 Å². The second-order valence-corrected chi connectivity index (χ2v) is 6.17. The van der Waals surface area contributed by atoms with Gasteiger partial charge < -0.3 is 5.11 Å². The Bertz CT molecular complexity index is 768. The van der Waals surface area contributed by atoms with Crippen LogP contribution in [0.4, 0.5) is 4.39 Å². The van der Waals surface area contributed by atoms with E-state index in [0.717, 1.165) is 38.9 Å². The van der Waals surface area contributed by atoms with Crippen LogP contribution in [0.25, 0.3) is 6.08 Å². The molecular weight excluding hydrogens is 327 g/mol. The maximum atomic E-state index is 13.7. The molecule has 0 amide bonds. The van der Waals surface area contributed by atoms with Crippen LogP contribution in [0.1, 0.15) is 36.1 Å². The molecule has 1 rings (SSSR count). The lowest BCUT2D eigenvalue weighted by Crippen LogP contribution is -1.91. The second-order valence-electron chi connectivity index (χ2n) is 5.79. The third kappa shape index (κ3) is 5.50. The predicted molar refractivity (Wildman–Crippen MR) is 99.0 cm³/mol. The van der Waals surface area contributed by atoms with E-state index in [1.54, 1.807) is 6.08 Å². The molecule has 0 bridgehead atoms. The summed E-state index contributed by atoms with van der Waals surface area (Å²) in [5.74, 6) is -1.74. The first-order chi connectivity index (χ1) is 11.1. The van der Waals surface area contributed by atoms with Gasteiger partial charge in [-0.05, 0) is 68.5 Å². The van der Waals surface area contributed by atoms with Gasteiger partial charge in [-0.2, -0.15) is 0 Å². The summed E-state index contributed by atoms with van der Waals surface area (Å²) in [7, 11) is 0. The monoisotopic (exact) mass is 348 g/mol. The number of rotatable bonds is 5. The fraction of sp³-hybridized carbons (Fsp3) is 0.250. The van der Waals surface area contributed by atoms with Crippen molar-refractivity contribution in [3.63, 3.8) is 0 Å². The summed E-state index contributed by atoms with van der Waals surface area (Å²) in [6.45, 7) is 9.23. The highest BCUT2D eigenvalue weighted by atomic mass is 35.5. The maximum Gasteiger partial charge on any atom is 0.328 e. The smallest absolute Gasteiger partial charge is 0.328 e. The summed E-state index contributed by atoms with van der Waals surface area (Å²) < 4.78 is 13.7. The number of aliphatic carboxylic acids is 1. The van der Waals surface area contributed by atoms with Crippen LogP contribution in [-0.4, -0.2) is 11.1 Å². The first-order valence-corrected chi connectivity index (χ1v) is 7.91. The molecule has 0 radical (unpaired) electrons. The van der Waals surface area contributed by atoms with Crippen molar-refractivity contribution in [1.29, 1.82) is 0 Å². The SMILES string of the molecule is CC(/C=C/c1c(C)cc(C)c(Cl)c1C)=C\C=C(F)\C(C)=C\C(=O)O. The Morgan fingerprint density at radius 3 is 2.38 bits per heavy atom. The molecule has 2 nitrogen and oxygen atoms in total. The highest BCUT2D eigenvalue weighted by Gasteiger charge is 2.06. The molecule has 1 N–H and O–H groups in total. The van der Waals surface area contributed by atoms with E-state index in [2.05, 4.69) is 0 Å². The van der Waals surface area contributed by atoms with Gasteiger partial charge in [0, 0.05) is 11.1 Å². The zero-order valence-electron chi connectivity index (χ0n) is 14.6.